The second kappa shape index (κ2) is 5.31. The highest BCUT2D eigenvalue weighted by Gasteiger charge is 2.30. The van der Waals surface area contributed by atoms with Crippen molar-refractivity contribution in [2.24, 2.45) is 0 Å². The monoisotopic (exact) mass is 236 g/mol. The Kier molecular flexibility index (Phi) is 3.78. The van der Waals surface area contributed by atoms with Gasteiger partial charge in [0.05, 0.1) is 18.0 Å². The predicted molar refractivity (Wildman–Crippen MR) is 68.1 cm³/mol. The van der Waals surface area contributed by atoms with E-state index in [2.05, 4.69) is 20.6 Å². The Balaban J connectivity index is 1.91. The Morgan fingerprint density at radius 3 is 2.53 bits per heavy atom. The molecule has 0 bridgehead atoms. The summed E-state index contributed by atoms with van der Waals surface area (Å²) < 4.78 is 0. The summed E-state index contributed by atoms with van der Waals surface area (Å²) in [5.74, 6) is 1.47. The highest BCUT2D eigenvalue weighted by atomic mass is 16.3. The summed E-state index contributed by atoms with van der Waals surface area (Å²) in [7, 11) is 0. The average Bonchev–Trinajstić information content (AvgIpc) is 2.76. The molecular formula is C12H20N4O. The molecule has 1 aromatic rings. The van der Waals surface area contributed by atoms with Crippen molar-refractivity contribution in [1.29, 1.82) is 0 Å². The number of aromatic nitrogens is 2. The van der Waals surface area contributed by atoms with Crippen molar-refractivity contribution in [3.05, 3.63) is 12.4 Å². The van der Waals surface area contributed by atoms with Crippen molar-refractivity contribution in [3.63, 3.8) is 0 Å². The summed E-state index contributed by atoms with van der Waals surface area (Å²) in [6.07, 6.45) is 7.35. The van der Waals surface area contributed by atoms with Crippen LogP contribution in [0.4, 0.5) is 11.6 Å². The molecule has 94 valence electrons. The van der Waals surface area contributed by atoms with Crippen LogP contribution in [0.25, 0.3) is 0 Å². The summed E-state index contributed by atoms with van der Waals surface area (Å²) >= 11 is 0. The Bertz CT molecular complexity index is 363. The van der Waals surface area contributed by atoms with Crippen molar-refractivity contribution in [1.82, 2.24) is 9.97 Å². The molecule has 1 aromatic heterocycles. The third-order valence-corrected chi connectivity index (χ3v) is 3.13. The second-order valence-corrected chi connectivity index (χ2v) is 4.60. The van der Waals surface area contributed by atoms with E-state index in [9.17, 15) is 5.11 Å². The lowest BCUT2D eigenvalue weighted by Gasteiger charge is -2.22. The first kappa shape index (κ1) is 12.1. The Labute approximate surface area is 102 Å². The van der Waals surface area contributed by atoms with Crippen LogP contribution in [0.1, 0.15) is 32.6 Å². The lowest BCUT2D eigenvalue weighted by Crippen LogP contribution is -2.33. The van der Waals surface area contributed by atoms with Crippen LogP contribution in [0.2, 0.25) is 0 Å². The fourth-order valence-corrected chi connectivity index (χ4v) is 2.18. The summed E-state index contributed by atoms with van der Waals surface area (Å²) in [5.41, 5.74) is -0.560. The molecule has 1 aliphatic carbocycles. The summed E-state index contributed by atoms with van der Waals surface area (Å²) in [5, 5.41) is 16.5. The molecule has 0 radical (unpaired) electrons. The van der Waals surface area contributed by atoms with E-state index in [0.29, 0.717) is 12.4 Å². The van der Waals surface area contributed by atoms with Gasteiger partial charge in [-0.05, 0) is 19.8 Å². The molecular weight excluding hydrogens is 216 g/mol. The number of anilines is 2. The molecule has 0 amide bonds. The largest absolute Gasteiger partial charge is 0.388 e. The molecule has 1 fully saturated rings. The standard InChI is InChI=1S/C12H20N4O/c1-2-14-10-7-13-8-11(16-10)15-9-12(17)5-3-4-6-12/h7-8,17H,2-6,9H2,1H3,(H2,14,15,16). The minimum atomic E-state index is -0.560. The van der Waals surface area contributed by atoms with Crippen LogP contribution in [0.5, 0.6) is 0 Å². The van der Waals surface area contributed by atoms with E-state index >= 15 is 0 Å². The van der Waals surface area contributed by atoms with Crippen molar-refractivity contribution < 1.29 is 5.11 Å². The van der Waals surface area contributed by atoms with E-state index in [4.69, 9.17) is 0 Å². The zero-order valence-electron chi connectivity index (χ0n) is 10.2. The molecule has 2 rings (SSSR count). The van der Waals surface area contributed by atoms with Gasteiger partial charge in [-0.1, -0.05) is 12.8 Å². The van der Waals surface area contributed by atoms with E-state index < -0.39 is 5.60 Å². The van der Waals surface area contributed by atoms with Crippen LogP contribution < -0.4 is 10.6 Å². The first-order valence-electron chi connectivity index (χ1n) is 6.24. The molecule has 0 unspecified atom stereocenters. The highest BCUT2D eigenvalue weighted by Crippen LogP contribution is 2.29. The molecule has 0 spiro atoms. The molecule has 0 aromatic carbocycles. The number of rotatable bonds is 5. The molecule has 5 heteroatoms. The molecule has 1 heterocycles. The fraction of sp³-hybridized carbons (Fsp3) is 0.667. The smallest absolute Gasteiger partial charge is 0.147 e. The molecule has 0 aliphatic heterocycles. The molecule has 1 aliphatic rings. The number of nitrogens with one attached hydrogen (secondary N) is 2. The van der Waals surface area contributed by atoms with E-state index in [1.165, 1.54) is 0 Å². The van der Waals surface area contributed by atoms with E-state index in [1.54, 1.807) is 12.4 Å². The normalized spacial score (nSPS) is 18.0. The Hall–Kier alpha value is -1.36. The molecule has 5 nitrogen and oxygen atoms in total. The van der Waals surface area contributed by atoms with Gasteiger partial charge in [0, 0.05) is 13.1 Å². The maximum absolute atomic E-state index is 10.2. The molecule has 17 heavy (non-hydrogen) atoms. The summed E-state index contributed by atoms with van der Waals surface area (Å²) in [4.78, 5) is 8.46. The molecule has 0 atom stereocenters. The van der Waals surface area contributed by atoms with Gasteiger partial charge in [0.25, 0.3) is 0 Å². The maximum Gasteiger partial charge on any atom is 0.147 e. The Morgan fingerprint density at radius 2 is 1.88 bits per heavy atom. The van der Waals surface area contributed by atoms with Crippen molar-refractivity contribution in [2.75, 3.05) is 23.7 Å². The zero-order valence-corrected chi connectivity index (χ0v) is 10.2. The van der Waals surface area contributed by atoms with Crippen LogP contribution in [-0.4, -0.2) is 33.8 Å². The molecule has 1 saturated carbocycles. The maximum atomic E-state index is 10.2. The van der Waals surface area contributed by atoms with Gasteiger partial charge in [-0.2, -0.15) is 0 Å². The average molecular weight is 236 g/mol. The number of hydrogen-bond donors (Lipinski definition) is 3. The first-order chi connectivity index (χ1) is 8.22. The van der Waals surface area contributed by atoms with Gasteiger partial charge < -0.3 is 15.7 Å². The van der Waals surface area contributed by atoms with Crippen LogP contribution in [-0.2, 0) is 0 Å². The minimum Gasteiger partial charge on any atom is -0.388 e. The highest BCUT2D eigenvalue weighted by molar-refractivity contribution is 5.41. The first-order valence-corrected chi connectivity index (χ1v) is 6.24. The summed E-state index contributed by atoms with van der Waals surface area (Å²) in [6, 6.07) is 0. The van der Waals surface area contributed by atoms with Crippen LogP contribution in [0.15, 0.2) is 12.4 Å². The van der Waals surface area contributed by atoms with E-state index in [1.807, 2.05) is 6.92 Å². The lowest BCUT2D eigenvalue weighted by molar-refractivity contribution is 0.0614. The van der Waals surface area contributed by atoms with E-state index in [0.717, 1.165) is 38.0 Å². The SMILES string of the molecule is CCNc1cncc(NCC2(O)CCCC2)n1. The van der Waals surface area contributed by atoms with Crippen LogP contribution in [0, 0.1) is 0 Å². The third-order valence-electron chi connectivity index (χ3n) is 3.13. The van der Waals surface area contributed by atoms with E-state index in [-0.39, 0.29) is 0 Å². The van der Waals surface area contributed by atoms with Gasteiger partial charge in [0.15, 0.2) is 0 Å². The quantitative estimate of drug-likeness (QED) is 0.725. The van der Waals surface area contributed by atoms with Crippen LogP contribution >= 0.6 is 0 Å². The topological polar surface area (TPSA) is 70.1 Å². The number of nitrogens with zero attached hydrogens (tertiary/aromatic N) is 2. The molecule has 0 saturated heterocycles. The predicted octanol–water partition coefficient (Wildman–Crippen LogP) is 1.63. The minimum absolute atomic E-state index is 0.553. The number of hydrogen-bond acceptors (Lipinski definition) is 5. The van der Waals surface area contributed by atoms with Gasteiger partial charge in [-0.3, -0.25) is 4.98 Å². The number of aliphatic hydroxyl groups is 1. The van der Waals surface area contributed by atoms with Gasteiger partial charge in [-0.25, -0.2) is 4.98 Å². The van der Waals surface area contributed by atoms with Gasteiger partial charge in [0.1, 0.15) is 11.6 Å². The summed E-state index contributed by atoms with van der Waals surface area (Å²) in [6.45, 7) is 3.39. The van der Waals surface area contributed by atoms with Gasteiger partial charge in [0.2, 0.25) is 0 Å². The Morgan fingerprint density at radius 1 is 1.24 bits per heavy atom. The van der Waals surface area contributed by atoms with Crippen molar-refractivity contribution >= 4 is 11.6 Å². The van der Waals surface area contributed by atoms with Crippen LogP contribution in [0.3, 0.4) is 0 Å². The fourth-order valence-electron chi connectivity index (χ4n) is 2.18. The van der Waals surface area contributed by atoms with Gasteiger partial charge >= 0.3 is 0 Å². The second-order valence-electron chi connectivity index (χ2n) is 4.60. The zero-order chi connectivity index (χ0) is 12.1. The lowest BCUT2D eigenvalue weighted by atomic mass is 10.0. The van der Waals surface area contributed by atoms with Crippen molar-refractivity contribution in [2.45, 2.75) is 38.2 Å². The van der Waals surface area contributed by atoms with Gasteiger partial charge in [-0.15, -0.1) is 0 Å². The molecule has 3 N–H and O–H groups in total. The van der Waals surface area contributed by atoms with Crippen molar-refractivity contribution in [3.8, 4) is 0 Å². The third kappa shape index (κ3) is 3.30.